The Bertz CT molecular complexity index is 574. The first-order chi connectivity index (χ1) is 10.3. The number of amides is 1. The smallest absolute Gasteiger partial charge is 0.309 e. The molecule has 1 aromatic rings. The Balaban J connectivity index is 1.90. The predicted molar refractivity (Wildman–Crippen MR) is 88.9 cm³/mol. The minimum absolute atomic E-state index is 0.00609. The lowest BCUT2D eigenvalue weighted by atomic mass is 9.89. The number of anilines is 1. The summed E-state index contributed by atoms with van der Waals surface area (Å²) in [6.45, 7) is 4.74. The molecule has 1 aromatic carbocycles. The van der Waals surface area contributed by atoms with Crippen LogP contribution < -0.4 is 10.2 Å². The van der Waals surface area contributed by atoms with Gasteiger partial charge in [-0.3, -0.25) is 9.59 Å². The van der Waals surface area contributed by atoms with Gasteiger partial charge in [0.05, 0.1) is 11.1 Å². The molecule has 1 atom stereocenters. The average molecular weight is 369 g/mol. The number of halogens is 1. The van der Waals surface area contributed by atoms with Crippen LogP contribution in [0.15, 0.2) is 28.7 Å². The average Bonchev–Trinajstić information content (AvgIpc) is 2.86. The Hall–Kier alpha value is -1.56. The van der Waals surface area contributed by atoms with Gasteiger partial charge in [0.15, 0.2) is 0 Å². The zero-order chi connectivity index (χ0) is 16.3. The molecule has 6 heteroatoms. The van der Waals surface area contributed by atoms with Crippen LogP contribution in [0, 0.1) is 5.41 Å². The monoisotopic (exact) mass is 368 g/mol. The number of carbonyl (C=O) groups is 2. The molecule has 0 aromatic heterocycles. The van der Waals surface area contributed by atoms with Crippen LogP contribution in [0.4, 0.5) is 5.69 Å². The van der Waals surface area contributed by atoms with Crippen LogP contribution in [0.25, 0.3) is 0 Å². The fraction of sp³-hybridized carbons (Fsp3) is 0.500. The second-order valence-electron chi connectivity index (χ2n) is 6.32. The molecule has 1 saturated heterocycles. The Labute approximate surface area is 138 Å². The SMILES string of the molecule is CC(C)(CC(=O)NC1CCN(c2ccccc2Br)C1)C(=O)O. The predicted octanol–water partition coefficient (Wildman–Crippen LogP) is 2.64. The van der Waals surface area contributed by atoms with Gasteiger partial charge in [0.25, 0.3) is 0 Å². The third kappa shape index (κ3) is 4.00. The largest absolute Gasteiger partial charge is 0.481 e. The highest BCUT2D eigenvalue weighted by molar-refractivity contribution is 9.10. The van der Waals surface area contributed by atoms with Gasteiger partial charge in [-0.2, -0.15) is 0 Å². The molecule has 2 rings (SSSR count). The summed E-state index contributed by atoms with van der Waals surface area (Å²) in [5, 5.41) is 12.0. The van der Waals surface area contributed by atoms with Crippen molar-refractivity contribution in [3.8, 4) is 0 Å². The first-order valence-electron chi connectivity index (χ1n) is 7.32. The van der Waals surface area contributed by atoms with Crippen molar-refractivity contribution >= 4 is 33.5 Å². The highest BCUT2D eigenvalue weighted by Crippen LogP contribution is 2.28. The minimum atomic E-state index is -1.04. The summed E-state index contributed by atoms with van der Waals surface area (Å²) in [5.41, 5.74) is 0.0790. The number of para-hydroxylation sites is 1. The molecule has 22 heavy (non-hydrogen) atoms. The number of hydrogen-bond donors (Lipinski definition) is 2. The molecule has 0 aliphatic carbocycles. The number of carboxylic acid groups (broad SMARTS) is 1. The summed E-state index contributed by atoms with van der Waals surface area (Å²) in [6, 6.07) is 8.06. The number of carboxylic acids is 1. The first-order valence-corrected chi connectivity index (χ1v) is 8.11. The summed E-state index contributed by atoms with van der Waals surface area (Å²) in [6.07, 6.45) is 0.856. The summed E-state index contributed by atoms with van der Waals surface area (Å²) >= 11 is 3.54. The zero-order valence-corrected chi connectivity index (χ0v) is 14.4. The van der Waals surface area contributed by atoms with Crippen LogP contribution in [0.3, 0.4) is 0 Å². The molecule has 2 N–H and O–H groups in total. The van der Waals surface area contributed by atoms with Crippen molar-refractivity contribution in [2.24, 2.45) is 5.41 Å². The Morgan fingerprint density at radius 2 is 2.09 bits per heavy atom. The topological polar surface area (TPSA) is 69.6 Å². The third-order valence-electron chi connectivity index (χ3n) is 3.93. The molecule has 1 fully saturated rings. The molecule has 120 valence electrons. The molecule has 1 heterocycles. The molecule has 1 unspecified atom stereocenters. The van der Waals surface area contributed by atoms with E-state index in [1.165, 1.54) is 0 Å². The summed E-state index contributed by atoms with van der Waals surface area (Å²) in [5.74, 6) is -1.16. The van der Waals surface area contributed by atoms with Crippen molar-refractivity contribution in [2.45, 2.75) is 32.7 Å². The van der Waals surface area contributed by atoms with E-state index in [9.17, 15) is 9.59 Å². The molecule has 5 nitrogen and oxygen atoms in total. The number of nitrogens with one attached hydrogen (secondary N) is 1. The first kappa shape index (κ1) is 16.8. The lowest BCUT2D eigenvalue weighted by molar-refractivity contribution is -0.149. The minimum Gasteiger partial charge on any atom is -0.481 e. The fourth-order valence-electron chi connectivity index (χ4n) is 2.56. The fourth-order valence-corrected chi connectivity index (χ4v) is 3.10. The second kappa shape index (κ2) is 6.69. The molecule has 1 aliphatic heterocycles. The van der Waals surface area contributed by atoms with E-state index in [1.54, 1.807) is 13.8 Å². The van der Waals surface area contributed by atoms with Gasteiger partial charge in [-0.15, -0.1) is 0 Å². The maximum Gasteiger partial charge on any atom is 0.309 e. The van der Waals surface area contributed by atoms with Crippen LogP contribution in [-0.4, -0.2) is 36.1 Å². The van der Waals surface area contributed by atoms with E-state index < -0.39 is 11.4 Å². The van der Waals surface area contributed by atoms with E-state index >= 15 is 0 Å². The van der Waals surface area contributed by atoms with E-state index in [4.69, 9.17) is 5.11 Å². The van der Waals surface area contributed by atoms with Gasteiger partial charge in [-0.05, 0) is 48.3 Å². The van der Waals surface area contributed by atoms with Crippen molar-refractivity contribution in [2.75, 3.05) is 18.0 Å². The maximum absolute atomic E-state index is 12.0. The van der Waals surface area contributed by atoms with Gasteiger partial charge in [-0.25, -0.2) is 0 Å². The van der Waals surface area contributed by atoms with E-state index in [2.05, 4.69) is 26.1 Å². The number of rotatable bonds is 5. The van der Waals surface area contributed by atoms with Gasteiger partial charge in [0, 0.05) is 30.0 Å². The van der Waals surface area contributed by atoms with Crippen LogP contribution in [-0.2, 0) is 9.59 Å². The summed E-state index contributed by atoms with van der Waals surface area (Å²) < 4.78 is 1.04. The summed E-state index contributed by atoms with van der Waals surface area (Å²) in [4.78, 5) is 25.3. The number of benzene rings is 1. The van der Waals surface area contributed by atoms with Gasteiger partial charge in [-0.1, -0.05) is 12.1 Å². The van der Waals surface area contributed by atoms with E-state index in [0.717, 1.165) is 29.7 Å². The second-order valence-corrected chi connectivity index (χ2v) is 7.17. The molecular formula is C16H21BrN2O3. The molecule has 0 radical (unpaired) electrons. The number of hydrogen-bond acceptors (Lipinski definition) is 3. The molecular weight excluding hydrogens is 348 g/mol. The third-order valence-corrected chi connectivity index (χ3v) is 4.60. The Morgan fingerprint density at radius 3 is 2.73 bits per heavy atom. The lowest BCUT2D eigenvalue weighted by Crippen LogP contribution is -2.40. The van der Waals surface area contributed by atoms with E-state index in [0.29, 0.717) is 0 Å². The van der Waals surface area contributed by atoms with Crippen LogP contribution in [0.2, 0.25) is 0 Å². The maximum atomic E-state index is 12.0. The molecule has 0 bridgehead atoms. The van der Waals surface area contributed by atoms with Crippen LogP contribution in [0.1, 0.15) is 26.7 Å². The van der Waals surface area contributed by atoms with E-state index in [-0.39, 0.29) is 18.4 Å². The quantitative estimate of drug-likeness (QED) is 0.837. The Morgan fingerprint density at radius 1 is 1.41 bits per heavy atom. The molecule has 0 spiro atoms. The van der Waals surface area contributed by atoms with E-state index in [1.807, 2.05) is 24.3 Å². The van der Waals surface area contributed by atoms with Crippen molar-refractivity contribution < 1.29 is 14.7 Å². The lowest BCUT2D eigenvalue weighted by Gasteiger charge is -2.22. The van der Waals surface area contributed by atoms with Crippen LogP contribution >= 0.6 is 15.9 Å². The number of nitrogens with zero attached hydrogens (tertiary/aromatic N) is 1. The van der Waals surface area contributed by atoms with Crippen LogP contribution in [0.5, 0.6) is 0 Å². The van der Waals surface area contributed by atoms with Crippen molar-refractivity contribution in [1.29, 1.82) is 0 Å². The molecule has 0 saturated carbocycles. The normalized spacial score (nSPS) is 18.3. The van der Waals surface area contributed by atoms with Crippen molar-refractivity contribution in [1.82, 2.24) is 5.32 Å². The Kier molecular flexibility index (Phi) is 5.11. The van der Waals surface area contributed by atoms with Crippen molar-refractivity contribution in [3.05, 3.63) is 28.7 Å². The number of aliphatic carboxylic acids is 1. The van der Waals surface area contributed by atoms with Crippen molar-refractivity contribution in [3.63, 3.8) is 0 Å². The van der Waals surface area contributed by atoms with Gasteiger partial charge in [0.2, 0.25) is 5.91 Å². The van der Waals surface area contributed by atoms with Gasteiger partial charge in [0.1, 0.15) is 0 Å². The highest BCUT2D eigenvalue weighted by Gasteiger charge is 2.32. The standard InChI is InChI=1S/C16H21BrN2O3/c1-16(2,15(21)22)9-14(20)18-11-7-8-19(10-11)13-6-4-3-5-12(13)17/h3-6,11H,7-10H2,1-2H3,(H,18,20)(H,21,22). The van der Waals surface area contributed by atoms with Gasteiger partial charge < -0.3 is 15.3 Å². The highest BCUT2D eigenvalue weighted by atomic mass is 79.9. The molecule has 1 amide bonds. The number of carbonyl (C=O) groups excluding carboxylic acids is 1. The van der Waals surface area contributed by atoms with Gasteiger partial charge >= 0.3 is 5.97 Å². The molecule has 1 aliphatic rings. The summed E-state index contributed by atoms with van der Waals surface area (Å²) in [7, 11) is 0. The zero-order valence-electron chi connectivity index (χ0n) is 12.8.